The third-order valence-electron chi connectivity index (χ3n) is 6.81. The molecule has 2 aromatic rings. The third kappa shape index (κ3) is 3.86. The molecule has 1 heterocycles. The lowest BCUT2D eigenvalue weighted by atomic mass is 9.69. The van der Waals surface area contributed by atoms with Gasteiger partial charge in [-0.25, -0.2) is 0 Å². The summed E-state index contributed by atoms with van der Waals surface area (Å²) in [4.78, 5) is 28.9. The fraction of sp³-hybridized carbons (Fsp3) is 0.429. The van der Waals surface area contributed by atoms with E-state index in [2.05, 4.69) is 52.0 Å². The van der Waals surface area contributed by atoms with Crippen LogP contribution in [0.1, 0.15) is 81.0 Å². The Labute approximate surface area is 186 Å². The SMILES string of the molecule is Cc1cccc(C)c1N1C(=O)CC(c2ccc(C(C)C)cc2)C2=C1CC(C)(C)CC2=O. The maximum atomic E-state index is 13.6. The molecule has 162 valence electrons. The second kappa shape index (κ2) is 7.78. The normalized spacial score (nSPS) is 21.0. The summed E-state index contributed by atoms with van der Waals surface area (Å²) in [5.41, 5.74) is 7.01. The Kier molecular flexibility index (Phi) is 5.41. The first-order valence-electron chi connectivity index (χ1n) is 11.3. The second-order valence-electron chi connectivity index (χ2n) is 10.3. The molecule has 2 aliphatic rings. The number of nitrogens with zero attached hydrogens (tertiary/aromatic N) is 1. The molecule has 31 heavy (non-hydrogen) atoms. The van der Waals surface area contributed by atoms with E-state index in [0.717, 1.165) is 40.1 Å². The van der Waals surface area contributed by atoms with Gasteiger partial charge in [0.2, 0.25) is 5.91 Å². The lowest BCUT2D eigenvalue weighted by molar-refractivity contribution is -0.121. The zero-order valence-corrected chi connectivity index (χ0v) is 19.6. The second-order valence-corrected chi connectivity index (χ2v) is 10.3. The minimum Gasteiger partial charge on any atom is -0.294 e. The molecule has 1 amide bonds. The number of hydrogen-bond donors (Lipinski definition) is 0. The molecular weight excluding hydrogens is 382 g/mol. The maximum absolute atomic E-state index is 13.6. The Morgan fingerprint density at radius 2 is 1.55 bits per heavy atom. The molecule has 1 atom stereocenters. The van der Waals surface area contributed by atoms with Crippen LogP contribution in [0.4, 0.5) is 5.69 Å². The Morgan fingerprint density at radius 1 is 0.935 bits per heavy atom. The van der Waals surface area contributed by atoms with Gasteiger partial charge in [-0.15, -0.1) is 0 Å². The molecule has 0 spiro atoms. The highest BCUT2D eigenvalue weighted by atomic mass is 16.2. The van der Waals surface area contributed by atoms with Gasteiger partial charge >= 0.3 is 0 Å². The van der Waals surface area contributed by atoms with Crippen LogP contribution in [0.15, 0.2) is 53.7 Å². The van der Waals surface area contributed by atoms with E-state index >= 15 is 0 Å². The topological polar surface area (TPSA) is 37.4 Å². The number of benzene rings is 2. The van der Waals surface area contributed by atoms with Crippen molar-refractivity contribution >= 4 is 17.4 Å². The number of ketones is 1. The number of hydrogen-bond acceptors (Lipinski definition) is 2. The largest absolute Gasteiger partial charge is 0.294 e. The van der Waals surface area contributed by atoms with Gasteiger partial charge in [0.1, 0.15) is 0 Å². The summed E-state index contributed by atoms with van der Waals surface area (Å²) in [6.45, 7) is 12.7. The number of carbonyl (C=O) groups excluding carboxylic acids is 2. The summed E-state index contributed by atoms with van der Waals surface area (Å²) < 4.78 is 0. The van der Waals surface area contributed by atoms with Crippen molar-refractivity contribution in [1.29, 1.82) is 0 Å². The van der Waals surface area contributed by atoms with Crippen molar-refractivity contribution in [2.24, 2.45) is 5.41 Å². The summed E-state index contributed by atoms with van der Waals surface area (Å²) >= 11 is 0. The van der Waals surface area contributed by atoms with Crippen LogP contribution in [0.2, 0.25) is 0 Å². The van der Waals surface area contributed by atoms with E-state index in [-0.39, 0.29) is 23.0 Å². The van der Waals surface area contributed by atoms with Gasteiger partial charge in [0, 0.05) is 30.0 Å². The van der Waals surface area contributed by atoms with Gasteiger partial charge in [0.25, 0.3) is 0 Å². The Morgan fingerprint density at radius 3 is 2.13 bits per heavy atom. The first-order chi connectivity index (χ1) is 14.6. The van der Waals surface area contributed by atoms with Crippen molar-refractivity contribution in [2.75, 3.05) is 4.90 Å². The number of anilines is 1. The van der Waals surface area contributed by atoms with E-state index < -0.39 is 0 Å². The van der Waals surface area contributed by atoms with Crippen molar-refractivity contribution in [2.45, 2.75) is 72.6 Å². The van der Waals surface area contributed by atoms with E-state index in [9.17, 15) is 9.59 Å². The third-order valence-corrected chi connectivity index (χ3v) is 6.81. The Balaban J connectivity index is 1.90. The molecule has 0 aromatic heterocycles. The molecule has 0 N–H and O–H groups in total. The van der Waals surface area contributed by atoms with E-state index in [1.165, 1.54) is 5.56 Å². The highest BCUT2D eigenvalue weighted by Crippen LogP contribution is 2.49. The summed E-state index contributed by atoms with van der Waals surface area (Å²) in [7, 11) is 0. The fourth-order valence-electron chi connectivity index (χ4n) is 5.23. The van der Waals surface area contributed by atoms with Crippen LogP contribution < -0.4 is 4.90 Å². The molecule has 3 nitrogen and oxygen atoms in total. The number of allylic oxidation sites excluding steroid dienone is 2. The lowest BCUT2D eigenvalue weighted by Crippen LogP contribution is -2.44. The molecule has 0 radical (unpaired) electrons. The molecule has 0 fully saturated rings. The number of para-hydroxylation sites is 1. The summed E-state index contributed by atoms with van der Waals surface area (Å²) in [6.07, 6.45) is 1.59. The maximum Gasteiger partial charge on any atom is 0.232 e. The van der Waals surface area contributed by atoms with Crippen molar-refractivity contribution in [3.05, 3.63) is 76.0 Å². The average molecular weight is 416 g/mol. The minimum atomic E-state index is -0.159. The summed E-state index contributed by atoms with van der Waals surface area (Å²) in [6, 6.07) is 14.6. The van der Waals surface area contributed by atoms with Crippen molar-refractivity contribution in [3.8, 4) is 0 Å². The monoisotopic (exact) mass is 415 g/mol. The quantitative estimate of drug-likeness (QED) is 0.567. The van der Waals surface area contributed by atoms with Crippen molar-refractivity contribution in [1.82, 2.24) is 0 Å². The molecule has 4 rings (SSSR count). The molecule has 1 unspecified atom stereocenters. The average Bonchev–Trinajstić information content (AvgIpc) is 2.68. The van der Waals surface area contributed by atoms with Gasteiger partial charge in [-0.2, -0.15) is 0 Å². The van der Waals surface area contributed by atoms with Gasteiger partial charge < -0.3 is 0 Å². The predicted octanol–water partition coefficient (Wildman–Crippen LogP) is 6.59. The smallest absolute Gasteiger partial charge is 0.232 e. The summed E-state index contributed by atoms with van der Waals surface area (Å²) in [5, 5.41) is 0. The number of aryl methyl sites for hydroxylation is 2. The zero-order valence-electron chi connectivity index (χ0n) is 19.6. The Bertz CT molecular complexity index is 1050. The standard InChI is InChI=1S/C28H33NO2/c1-17(2)20-10-12-21(13-11-20)22-14-25(31)29(27-18(3)8-7-9-19(27)4)23-15-28(5,6)16-24(30)26(22)23/h7-13,17,22H,14-16H2,1-6H3. The molecular formula is C28H33NO2. The van der Waals surface area contributed by atoms with Crippen molar-refractivity contribution < 1.29 is 9.59 Å². The van der Waals surface area contributed by atoms with Crippen LogP contribution in [-0.4, -0.2) is 11.7 Å². The van der Waals surface area contributed by atoms with E-state index in [0.29, 0.717) is 18.8 Å². The van der Waals surface area contributed by atoms with Crippen LogP contribution in [0.3, 0.4) is 0 Å². The van der Waals surface area contributed by atoms with Crippen LogP contribution in [0, 0.1) is 19.3 Å². The molecule has 0 saturated heterocycles. The van der Waals surface area contributed by atoms with E-state index in [4.69, 9.17) is 0 Å². The molecule has 2 aromatic carbocycles. The van der Waals surface area contributed by atoms with E-state index in [1.807, 2.05) is 36.9 Å². The van der Waals surface area contributed by atoms with Gasteiger partial charge in [-0.05, 0) is 53.9 Å². The Hall–Kier alpha value is -2.68. The van der Waals surface area contributed by atoms with Crippen LogP contribution in [0.5, 0.6) is 0 Å². The molecule has 0 bridgehead atoms. The van der Waals surface area contributed by atoms with Gasteiger partial charge in [0.05, 0.1) is 5.69 Å². The van der Waals surface area contributed by atoms with Crippen LogP contribution in [0.25, 0.3) is 0 Å². The van der Waals surface area contributed by atoms with Gasteiger partial charge in [-0.1, -0.05) is 70.2 Å². The predicted molar refractivity (Wildman–Crippen MR) is 126 cm³/mol. The van der Waals surface area contributed by atoms with Gasteiger partial charge in [-0.3, -0.25) is 14.5 Å². The molecule has 1 aliphatic carbocycles. The highest BCUT2D eigenvalue weighted by molar-refractivity contribution is 6.08. The number of amides is 1. The highest BCUT2D eigenvalue weighted by Gasteiger charge is 2.44. The first kappa shape index (κ1) is 21.5. The van der Waals surface area contributed by atoms with Crippen LogP contribution in [-0.2, 0) is 9.59 Å². The van der Waals surface area contributed by atoms with Crippen LogP contribution >= 0.6 is 0 Å². The molecule has 1 aliphatic heterocycles. The number of carbonyl (C=O) groups is 2. The zero-order chi connectivity index (χ0) is 22.5. The molecule has 0 saturated carbocycles. The number of rotatable bonds is 3. The first-order valence-corrected chi connectivity index (χ1v) is 11.3. The lowest BCUT2D eigenvalue weighted by Gasteiger charge is -2.43. The van der Waals surface area contributed by atoms with Crippen molar-refractivity contribution in [3.63, 3.8) is 0 Å². The molecule has 3 heteroatoms. The fourth-order valence-corrected chi connectivity index (χ4v) is 5.23. The minimum absolute atomic E-state index is 0.0830. The summed E-state index contributed by atoms with van der Waals surface area (Å²) in [5.74, 6) is 0.564. The van der Waals surface area contributed by atoms with E-state index in [1.54, 1.807) is 0 Å². The number of Topliss-reactive ketones (excluding diaryl/α,β-unsaturated/α-hetero) is 1. The van der Waals surface area contributed by atoms with Gasteiger partial charge in [0.15, 0.2) is 5.78 Å².